The molecule has 0 amide bonds. The summed E-state index contributed by atoms with van der Waals surface area (Å²) in [5.41, 5.74) is 8.98. The smallest absolute Gasteiger partial charge is 0.315 e. The van der Waals surface area contributed by atoms with Gasteiger partial charge in [0.2, 0.25) is 0 Å². The maximum Gasteiger partial charge on any atom is 0.315 e. The van der Waals surface area contributed by atoms with Gasteiger partial charge in [-0.1, -0.05) is 49.4 Å². The number of aryl methyl sites for hydroxylation is 1. The fourth-order valence-corrected chi connectivity index (χ4v) is 2.17. The Morgan fingerprint density at radius 1 is 1.16 bits per heavy atom. The second kappa shape index (κ2) is 5.57. The van der Waals surface area contributed by atoms with Crippen LogP contribution in [0.3, 0.4) is 0 Å². The van der Waals surface area contributed by atoms with Crippen molar-refractivity contribution in [1.29, 1.82) is 0 Å². The molecule has 1 unspecified atom stereocenters. The SMILES string of the molecule is CCc1ccc(C(C(=O)O)c2ccccc2N)cc1. The molecule has 98 valence electrons. The lowest BCUT2D eigenvalue weighted by Crippen LogP contribution is -2.14. The molecule has 0 bridgehead atoms. The van der Waals surface area contributed by atoms with E-state index in [9.17, 15) is 9.90 Å². The van der Waals surface area contributed by atoms with Crippen LogP contribution in [0.4, 0.5) is 5.69 Å². The Morgan fingerprint density at radius 2 is 1.79 bits per heavy atom. The third kappa shape index (κ3) is 2.76. The average Bonchev–Trinajstić information content (AvgIpc) is 2.42. The largest absolute Gasteiger partial charge is 0.481 e. The molecule has 19 heavy (non-hydrogen) atoms. The summed E-state index contributed by atoms with van der Waals surface area (Å²) in [6.07, 6.45) is 0.936. The molecule has 0 saturated heterocycles. The maximum absolute atomic E-state index is 11.6. The number of carboxylic acid groups (broad SMARTS) is 1. The van der Waals surface area contributed by atoms with Crippen molar-refractivity contribution in [1.82, 2.24) is 0 Å². The molecule has 2 aromatic carbocycles. The highest BCUT2D eigenvalue weighted by Gasteiger charge is 2.23. The lowest BCUT2D eigenvalue weighted by Gasteiger charge is -2.15. The van der Waals surface area contributed by atoms with E-state index in [-0.39, 0.29) is 0 Å². The zero-order valence-electron chi connectivity index (χ0n) is 10.8. The van der Waals surface area contributed by atoms with E-state index in [0.717, 1.165) is 12.0 Å². The number of nitrogens with two attached hydrogens (primary N) is 1. The van der Waals surface area contributed by atoms with Crippen LogP contribution in [0.15, 0.2) is 48.5 Å². The highest BCUT2D eigenvalue weighted by molar-refractivity contribution is 5.82. The van der Waals surface area contributed by atoms with Gasteiger partial charge in [-0.05, 0) is 29.2 Å². The van der Waals surface area contributed by atoms with Crippen LogP contribution in [0.25, 0.3) is 0 Å². The van der Waals surface area contributed by atoms with Gasteiger partial charge in [0, 0.05) is 5.69 Å². The van der Waals surface area contributed by atoms with Crippen molar-refractivity contribution in [2.24, 2.45) is 0 Å². The fourth-order valence-electron chi connectivity index (χ4n) is 2.17. The van der Waals surface area contributed by atoms with Gasteiger partial charge in [-0.15, -0.1) is 0 Å². The van der Waals surface area contributed by atoms with Crippen molar-refractivity contribution in [2.45, 2.75) is 19.3 Å². The predicted octanol–water partition coefficient (Wildman–Crippen LogP) is 3.05. The van der Waals surface area contributed by atoms with Gasteiger partial charge in [0.1, 0.15) is 5.92 Å². The summed E-state index contributed by atoms with van der Waals surface area (Å²) >= 11 is 0. The van der Waals surface area contributed by atoms with Crippen LogP contribution in [0.1, 0.15) is 29.5 Å². The zero-order valence-corrected chi connectivity index (χ0v) is 10.8. The van der Waals surface area contributed by atoms with Crippen molar-refractivity contribution in [3.8, 4) is 0 Å². The van der Waals surface area contributed by atoms with Gasteiger partial charge in [-0.3, -0.25) is 4.79 Å². The molecule has 0 aliphatic carbocycles. The topological polar surface area (TPSA) is 63.3 Å². The fraction of sp³-hybridized carbons (Fsp3) is 0.188. The standard InChI is InChI=1S/C16H17NO2/c1-2-11-7-9-12(10-8-11)15(16(18)19)13-5-3-4-6-14(13)17/h3-10,15H,2,17H2,1H3,(H,18,19). The third-order valence-electron chi connectivity index (χ3n) is 3.28. The van der Waals surface area contributed by atoms with Gasteiger partial charge in [-0.2, -0.15) is 0 Å². The first kappa shape index (κ1) is 13.1. The molecule has 2 rings (SSSR count). The van der Waals surface area contributed by atoms with Gasteiger partial charge in [0.25, 0.3) is 0 Å². The second-order valence-corrected chi connectivity index (χ2v) is 4.50. The van der Waals surface area contributed by atoms with Crippen LogP contribution < -0.4 is 5.73 Å². The van der Waals surface area contributed by atoms with E-state index in [1.54, 1.807) is 18.2 Å². The summed E-state index contributed by atoms with van der Waals surface area (Å²) < 4.78 is 0. The number of anilines is 1. The summed E-state index contributed by atoms with van der Waals surface area (Å²) in [5, 5.41) is 9.48. The minimum absolute atomic E-state index is 0.509. The number of carbonyl (C=O) groups is 1. The Bertz CT molecular complexity index is 576. The number of aliphatic carboxylic acids is 1. The van der Waals surface area contributed by atoms with Gasteiger partial charge in [0.05, 0.1) is 0 Å². The molecule has 1 atom stereocenters. The van der Waals surface area contributed by atoms with Crippen LogP contribution in [-0.4, -0.2) is 11.1 Å². The highest BCUT2D eigenvalue weighted by Crippen LogP contribution is 2.29. The Morgan fingerprint density at radius 3 is 2.32 bits per heavy atom. The molecule has 0 spiro atoms. The number of carboxylic acids is 1. The van der Waals surface area contributed by atoms with Gasteiger partial charge >= 0.3 is 5.97 Å². The number of hydrogen-bond donors (Lipinski definition) is 2. The molecular weight excluding hydrogens is 238 g/mol. The van der Waals surface area contributed by atoms with E-state index in [0.29, 0.717) is 11.3 Å². The van der Waals surface area contributed by atoms with Crippen LogP contribution >= 0.6 is 0 Å². The molecule has 0 fully saturated rings. The average molecular weight is 255 g/mol. The Kier molecular flexibility index (Phi) is 3.85. The molecule has 0 aromatic heterocycles. The number of para-hydroxylation sites is 1. The minimum atomic E-state index is -0.887. The quantitative estimate of drug-likeness (QED) is 0.825. The first-order valence-corrected chi connectivity index (χ1v) is 6.29. The number of rotatable bonds is 4. The molecular formula is C16H17NO2. The van der Waals surface area contributed by atoms with Crippen molar-refractivity contribution < 1.29 is 9.90 Å². The molecule has 2 aromatic rings. The summed E-state index contributed by atoms with van der Waals surface area (Å²) in [7, 11) is 0. The normalized spacial score (nSPS) is 12.1. The number of benzene rings is 2. The Balaban J connectivity index is 2.46. The van der Waals surface area contributed by atoms with Crippen LogP contribution in [0.5, 0.6) is 0 Å². The maximum atomic E-state index is 11.6. The van der Waals surface area contributed by atoms with Crippen molar-refractivity contribution in [3.63, 3.8) is 0 Å². The predicted molar refractivity (Wildman–Crippen MR) is 76.2 cm³/mol. The van der Waals surface area contributed by atoms with E-state index in [2.05, 4.69) is 6.92 Å². The molecule has 0 heterocycles. The lowest BCUT2D eigenvalue weighted by atomic mass is 9.89. The van der Waals surface area contributed by atoms with E-state index in [1.807, 2.05) is 30.3 Å². The second-order valence-electron chi connectivity index (χ2n) is 4.50. The van der Waals surface area contributed by atoms with E-state index >= 15 is 0 Å². The molecule has 3 nitrogen and oxygen atoms in total. The third-order valence-corrected chi connectivity index (χ3v) is 3.28. The zero-order chi connectivity index (χ0) is 13.8. The number of hydrogen-bond acceptors (Lipinski definition) is 2. The summed E-state index contributed by atoms with van der Waals surface area (Å²) in [5.74, 6) is -1.60. The van der Waals surface area contributed by atoms with Gasteiger partial charge < -0.3 is 10.8 Å². The van der Waals surface area contributed by atoms with Gasteiger partial charge in [-0.25, -0.2) is 0 Å². The summed E-state index contributed by atoms with van der Waals surface area (Å²) in [6.45, 7) is 2.07. The van der Waals surface area contributed by atoms with Crippen molar-refractivity contribution >= 4 is 11.7 Å². The summed E-state index contributed by atoms with van der Waals surface area (Å²) in [4.78, 5) is 11.6. The van der Waals surface area contributed by atoms with Crippen LogP contribution in [0.2, 0.25) is 0 Å². The molecule has 3 heteroatoms. The monoisotopic (exact) mass is 255 g/mol. The summed E-state index contributed by atoms with van der Waals surface area (Å²) in [6, 6.07) is 14.8. The van der Waals surface area contributed by atoms with Crippen molar-refractivity contribution in [2.75, 3.05) is 5.73 Å². The number of nitrogen functional groups attached to an aromatic ring is 1. The van der Waals surface area contributed by atoms with E-state index in [1.165, 1.54) is 5.56 Å². The Labute approximate surface area is 112 Å². The first-order chi connectivity index (χ1) is 9.13. The van der Waals surface area contributed by atoms with Crippen molar-refractivity contribution in [3.05, 3.63) is 65.2 Å². The molecule has 0 aliphatic heterocycles. The molecule has 0 saturated carbocycles. The van der Waals surface area contributed by atoms with E-state index < -0.39 is 11.9 Å². The molecule has 0 radical (unpaired) electrons. The van der Waals surface area contributed by atoms with Crippen LogP contribution in [-0.2, 0) is 11.2 Å². The van der Waals surface area contributed by atoms with Gasteiger partial charge in [0.15, 0.2) is 0 Å². The Hall–Kier alpha value is -2.29. The van der Waals surface area contributed by atoms with Crippen LogP contribution in [0, 0.1) is 0 Å². The van der Waals surface area contributed by atoms with E-state index in [4.69, 9.17) is 5.73 Å². The molecule has 3 N–H and O–H groups in total. The first-order valence-electron chi connectivity index (χ1n) is 6.29. The molecule has 0 aliphatic rings. The minimum Gasteiger partial charge on any atom is -0.481 e. The highest BCUT2D eigenvalue weighted by atomic mass is 16.4. The lowest BCUT2D eigenvalue weighted by molar-refractivity contribution is -0.137.